The summed E-state index contributed by atoms with van der Waals surface area (Å²) in [5.74, 6) is 1.87. The molecular formula is C50H32N6. The molecule has 0 aliphatic carbocycles. The van der Waals surface area contributed by atoms with Crippen molar-refractivity contribution in [1.29, 1.82) is 0 Å². The minimum absolute atomic E-state index is 0.617. The SMILES string of the molecule is c1ccc(-c2ccc(-c3nc(-c4ccccc4)nc(-c4ccc5c(c4)c4cc(-n6c7ccccc7c7cccnc76)ccc4n5-c4ccccc4)n3)cc2)cc1. The van der Waals surface area contributed by atoms with Gasteiger partial charge in [0.15, 0.2) is 17.5 Å². The van der Waals surface area contributed by atoms with Gasteiger partial charge in [0, 0.05) is 55.8 Å². The first kappa shape index (κ1) is 31.8. The number of hydrogen-bond acceptors (Lipinski definition) is 4. The summed E-state index contributed by atoms with van der Waals surface area (Å²) in [6.45, 7) is 0. The summed E-state index contributed by atoms with van der Waals surface area (Å²) < 4.78 is 4.61. The van der Waals surface area contributed by atoms with E-state index in [0.29, 0.717) is 17.5 Å². The quantitative estimate of drug-likeness (QED) is 0.172. The highest BCUT2D eigenvalue weighted by Gasteiger charge is 2.19. The van der Waals surface area contributed by atoms with Gasteiger partial charge in [-0.05, 0) is 77.9 Å². The highest BCUT2D eigenvalue weighted by Crippen LogP contribution is 2.38. The molecule has 0 radical (unpaired) electrons. The second-order valence-electron chi connectivity index (χ2n) is 13.9. The monoisotopic (exact) mass is 716 g/mol. The van der Waals surface area contributed by atoms with Crippen LogP contribution in [-0.2, 0) is 0 Å². The van der Waals surface area contributed by atoms with Gasteiger partial charge in [-0.2, -0.15) is 0 Å². The van der Waals surface area contributed by atoms with Crippen LogP contribution in [0.15, 0.2) is 194 Å². The Labute approximate surface area is 322 Å². The molecule has 4 aromatic heterocycles. The largest absolute Gasteiger partial charge is 0.309 e. The molecule has 0 saturated carbocycles. The summed E-state index contributed by atoms with van der Waals surface area (Å²) in [4.78, 5) is 20.1. The third-order valence-corrected chi connectivity index (χ3v) is 10.6. The van der Waals surface area contributed by atoms with E-state index in [1.807, 2.05) is 48.7 Å². The van der Waals surface area contributed by atoms with Crippen molar-refractivity contribution < 1.29 is 0 Å². The van der Waals surface area contributed by atoms with Crippen molar-refractivity contribution in [2.24, 2.45) is 0 Å². The predicted molar refractivity (Wildman–Crippen MR) is 228 cm³/mol. The Bertz CT molecular complexity index is 3170. The molecule has 11 rings (SSSR count). The van der Waals surface area contributed by atoms with Crippen LogP contribution in [0, 0.1) is 0 Å². The summed E-state index contributed by atoms with van der Waals surface area (Å²) in [6.07, 6.45) is 1.87. The lowest BCUT2D eigenvalue weighted by Crippen LogP contribution is -2.00. The van der Waals surface area contributed by atoms with Gasteiger partial charge < -0.3 is 4.57 Å². The third-order valence-electron chi connectivity index (χ3n) is 10.6. The fraction of sp³-hybridized carbons (Fsp3) is 0. The molecule has 4 heterocycles. The van der Waals surface area contributed by atoms with E-state index in [1.54, 1.807) is 0 Å². The zero-order valence-electron chi connectivity index (χ0n) is 30.2. The maximum atomic E-state index is 5.14. The van der Waals surface area contributed by atoms with Gasteiger partial charge in [-0.1, -0.05) is 121 Å². The number of rotatable bonds is 6. The summed E-state index contributed by atoms with van der Waals surface area (Å²) in [6, 6.07) is 65.5. The lowest BCUT2D eigenvalue weighted by Gasteiger charge is -2.10. The Kier molecular flexibility index (Phi) is 7.38. The van der Waals surface area contributed by atoms with E-state index in [2.05, 4.69) is 155 Å². The molecule has 0 atom stereocenters. The molecule has 0 unspecified atom stereocenters. The van der Waals surface area contributed by atoms with Gasteiger partial charge in [0.1, 0.15) is 5.65 Å². The van der Waals surface area contributed by atoms with Crippen LogP contribution in [0.1, 0.15) is 0 Å². The van der Waals surface area contributed by atoms with E-state index in [1.165, 1.54) is 10.9 Å². The maximum absolute atomic E-state index is 5.14. The molecule has 11 aromatic rings. The van der Waals surface area contributed by atoms with Crippen LogP contribution in [0.2, 0.25) is 0 Å². The van der Waals surface area contributed by atoms with Crippen LogP contribution in [0.3, 0.4) is 0 Å². The maximum Gasteiger partial charge on any atom is 0.164 e. The molecule has 0 aliphatic rings. The normalized spacial score (nSPS) is 11.6. The standard InChI is InChI=1S/C50H32N6/c1-4-13-33(14-5-1)34-22-24-36(25-23-34)48-52-47(35-15-6-2-7-16-35)53-49(54-48)37-26-28-45-42(31-37)43-32-39(27-29-46(43)55(45)38-17-8-3-9-18-38)56-44-21-11-10-19-40(44)41-20-12-30-51-50(41)56/h1-32H. The van der Waals surface area contributed by atoms with Crippen LogP contribution < -0.4 is 0 Å². The summed E-state index contributed by atoms with van der Waals surface area (Å²) in [5, 5.41) is 4.54. The zero-order chi connectivity index (χ0) is 37.0. The molecule has 56 heavy (non-hydrogen) atoms. The first-order valence-corrected chi connectivity index (χ1v) is 18.7. The smallest absolute Gasteiger partial charge is 0.164 e. The highest BCUT2D eigenvalue weighted by atomic mass is 15.1. The lowest BCUT2D eigenvalue weighted by molar-refractivity contribution is 1.07. The number of nitrogens with zero attached hydrogens (tertiary/aromatic N) is 6. The van der Waals surface area contributed by atoms with Gasteiger partial charge >= 0.3 is 0 Å². The van der Waals surface area contributed by atoms with Gasteiger partial charge in [-0.3, -0.25) is 4.57 Å². The molecule has 0 saturated heterocycles. The lowest BCUT2D eigenvalue weighted by atomic mass is 10.0. The summed E-state index contributed by atoms with van der Waals surface area (Å²) in [5.41, 5.74) is 11.5. The Morgan fingerprint density at radius 1 is 0.304 bits per heavy atom. The predicted octanol–water partition coefficient (Wildman–Crippen LogP) is 12.1. The van der Waals surface area contributed by atoms with Crippen molar-refractivity contribution in [2.45, 2.75) is 0 Å². The minimum atomic E-state index is 0.617. The van der Waals surface area contributed by atoms with Crippen LogP contribution in [0.25, 0.3) is 100 Å². The van der Waals surface area contributed by atoms with E-state index in [0.717, 1.165) is 72.0 Å². The van der Waals surface area contributed by atoms with Gasteiger partial charge in [-0.25, -0.2) is 19.9 Å². The van der Waals surface area contributed by atoms with Crippen LogP contribution >= 0.6 is 0 Å². The zero-order valence-corrected chi connectivity index (χ0v) is 30.2. The Morgan fingerprint density at radius 3 is 1.54 bits per heavy atom. The molecule has 7 aromatic carbocycles. The highest BCUT2D eigenvalue weighted by molar-refractivity contribution is 6.12. The molecule has 0 aliphatic heterocycles. The van der Waals surface area contributed by atoms with Crippen molar-refractivity contribution >= 4 is 43.7 Å². The Morgan fingerprint density at radius 2 is 0.804 bits per heavy atom. The first-order valence-electron chi connectivity index (χ1n) is 18.7. The number of benzene rings is 7. The Hall–Kier alpha value is -7.70. The van der Waals surface area contributed by atoms with E-state index in [-0.39, 0.29) is 0 Å². The average Bonchev–Trinajstić information content (AvgIpc) is 3.79. The fourth-order valence-electron chi connectivity index (χ4n) is 7.99. The molecule has 0 fully saturated rings. The molecule has 0 N–H and O–H groups in total. The number of aromatic nitrogens is 6. The van der Waals surface area contributed by atoms with Gasteiger partial charge in [0.05, 0.1) is 16.6 Å². The topological polar surface area (TPSA) is 61.4 Å². The number of hydrogen-bond donors (Lipinski definition) is 0. The molecule has 0 spiro atoms. The molecule has 262 valence electrons. The van der Waals surface area contributed by atoms with Crippen molar-refractivity contribution in [3.63, 3.8) is 0 Å². The van der Waals surface area contributed by atoms with Crippen LogP contribution in [0.4, 0.5) is 0 Å². The molecule has 0 amide bonds. The number of para-hydroxylation sites is 2. The minimum Gasteiger partial charge on any atom is -0.309 e. The molecule has 6 heteroatoms. The van der Waals surface area contributed by atoms with E-state index in [9.17, 15) is 0 Å². The number of fused-ring (bicyclic) bond motifs is 6. The van der Waals surface area contributed by atoms with Gasteiger partial charge in [0.25, 0.3) is 0 Å². The Balaban J connectivity index is 1.12. The second kappa shape index (κ2) is 13.0. The van der Waals surface area contributed by atoms with Crippen molar-refractivity contribution in [3.8, 4) is 56.7 Å². The fourth-order valence-corrected chi connectivity index (χ4v) is 7.99. The first-order chi connectivity index (χ1) is 27.8. The number of pyridine rings is 1. The van der Waals surface area contributed by atoms with E-state index < -0.39 is 0 Å². The van der Waals surface area contributed by atoms with Crippen LogP contribution in [0.5, 0.6) is 0 Å². The van der Waals surface area contributed by atoms with Gasteiger partial charge in [-0.15, -0.1) is 0 Å². The van der Waals surface area contributed by atoms with E-state index >= 15 is 0 Å². The van der Waals surface area contributed by atoms with Crippen molar-refractivity contribution in [3.05, 3.63) is 194 Å². The summed E-state index contributed by atoms with van der Waals surface area (Å²) >= 11 is 0. The average molecular weight is 717 g/mol. The van der Waals surface area contributed by atoms with Gasteiger partial charge in [0.2, 0.25) is 0 Å². The second-order valence-corrected chi connectivity index (χ2v) is 13.9. The van der Waals surface area contributed by atoms with E-state index in [4.69, 9.17) is 19.9 Å². The molecular weight excluding hydrogens is 685 g/mol. The molecule has 0 bridgehead atoms. The molecule has 6 nitrogen and oxygen atoms in total. The summed E-state index contributed by atoms with van der Waals surface area (Å²) in [7, 11) is 0. The van der Waals surface area contributed by atoms with Crippen molar-refractivity contribution in [1.82, 2.24) is 29.1 Å². The third kappa shape index (κ3) is 5.27. The van der Waals surface area contributed by atoms with Crippen LogP contribution in [-0.4, -0.2) is 29.1 Å². The van der Waals surface area contributed by atoms with Crippen molar-refractivity contribution in [2.75, 3.05) is 0 Å².